The predicted molar refractivity (Wildman–Crippen MR) is 63.7 cm³/mol. The van der Waals surface area contributed by atoms with E-state index in [1.165, 1.54) is 11.2 Å². The Morgan fingerprint density at radius 3 is 2.88 bits per heavy atom. The Kier molecular flexibility index (Phi) is 2.29. The Bertz CT molecular complexity index is 500. The summed E-state index contributed by atoms with van der Waals surface area (Å²) in [5.41, 5.74) is 3.48. The van der Waals surface area contributed by atoms with Crippen molar-refractivity contribution in [1.29, 1.82) is 0 Å². The summed E-state index contributed by atoms with van der Waals surface area (Å²) in [5, 5.41) is 0. The zero-order valence-electron chi connectivity index (χ0n) is 9.39. The molecule has 1 aliphatic heterocycles. The Morgan fingerprint density at radius 2 is 2.06 bits per heavy atom. The number of aromatic nitrogens is 2. The SMILES string of the molecule is Cn1cnc2cc(N3CCOCC3)ccc21. The summed E-state index contributed by atoms with van der Waals surface area (Å²) in [5.74, 6) is 0. The number of benzene rings is 1. The molecule has 1 saturated heterocycles. The van der Waals surface area contributed by atoms with Crippen molar-refractivity contribution in [3.05, 3.63) is 24.5 Å². The van der Waals surface area contributed by atoms with E-state index in [0.29, 0.717) is 0 Å². The molecule has 0 unspecified atom stereocenters. The molecule has 4 heteroatoms. The molecule has 0 spiro atoms. The lowest BCUT2D eigenvalue weighted by atomic mass is 10.2. The number of anilines is 1. The molecule has 0 radical (unpaired) electrons. The topological polar surface area (TPSA) is 30.3 Å². The fraction of sp³-hybridized carbons (Fsp3) is 0.417. The number of hydrogen-bond donors (Lipinski definition) is 0. The molecule has 0 bridgehead atoms. The average Bonchev–Trinajstić information content (AvgIpc) is 2.72. The van der Waals surface area contributed by atoms with Crippen LogP contribution >= 0.6 is 0 Å². The van der Waals surface area contributed by atoms with Gasteiger partial charge in [-0.15, -0.1) is 0 Å². The molecule has 1 aliphatic rings. The fourth-order valence-corrected chi connectivity index (χ4v) is 2.14. The van der Waals surface area contributed by atoms with Crippen LogP contribution in [0, 0.1) is 0 Å². The summed E-state index contributed by atoms with van der Waals surface area (Å²) in [6, 6.07) is 6.45. The van der Waals surface area contributed by atoms with Crippen molar-refractivity contribution in [2.75, 3.05) is 31.2 Å². The third-order valence-corrected chi connectivity index (χ3v) is 3.09. The Morgan fingerprint density at radius 1 is 1.25 bits per heavy atom. The van der Waals surface area contributed by atoms with Gasteiger partial charge in [-0.05, 0) is 18.2 Å². The number of nitrogens with zero attached hydrogens (tertiary/aromatic N) is 3. The molecule has 0 aliphatic carbocycles. The second-order valence-corrected chi connectivity index (χ2v) is 4.13. The molecule has 2 aromatic rings. The van der Waals surface area contributed by atoms with Crippen molar-refractivity contribution in [2.24, 2.45) is 7.05 Å². The van der Waals surface area contributed by atoms with Crippen LogP contribution in [0.3, 0.4) is 0 Å². The van der Waals surface area contributed by atoms with E-state index >= 15 is 0 Å². The van der Waals surface area contributed by atoms with Crippen LogP contribution in [0.1, 0.15) is 0 Å². The zero-order valence-corrected chi connectivity index (χ0v) is 9.39. The third kappa shape index (κ3) is 1.55. The molecule has 0 saturated carbocycles. The molecule has 0 amide bonds. The minimum atomic E-state index is 0.820. The van der Waals surface area contributed by atoms with Crippen LogP contribution in [-0.4, -0.2) is 35.9 Å². The lowest BCUT2D eigenvalue weighted by Crippen LogP contribution is -2.36. The first kappa shape index (κ1) is 9.66. The second kappa shape index (κ2) is 3.79. The number of morpholine rings is 1. The summed E-state index contributed by atoms with van der Waals surface area (Å²) in [7, 11) is 2.02. The molecule has 0 N–H and O–H groups in total. The summed E-state index contributed by atoms with van der Waals surface area (Å²) in [6.45, 7) is 3.58. The number of rotatable bonds is 1. The minimum absolute atomic E-state index is 0.820. The maximum Gasteiger partial charge on any atom is 0.0955 e. The van der Waals surface area contributed by atoms with E-state index < -0.39 is 0 Å². The Labute approximate surface area is 94.4 Å². The normalized spacial score (nSPS) is 16.9. The number of hydrogen-bond acceptors (Lipinski definition) is 3. The van der Waals surface area contributed by atoms with E-state index in [1.54, 1.807) is 0 Å². The first-order valence-electron chi connectivity index (χ1n) is 5.58. The van der Waals surface area contributed by atoms with Gasteiger partial charge in [0.25, 0.3) is 0 Å². The van der Waals surface area contributed by atoms with E-state index in [9.17, 15) is 0 Å². The van der Waals surface area contributed by atoms with Gasteiger partial charge < -0.3 is 14.2 Å². The Balaban J connectivity index is 1.97. The van der Waals surface area contributed by atoms with Crippen LogP contribution in [0.2, 0.25) is 0 Å². The monoisotopic (exact) mass is 217 g/mol. The van der Waals surface area contributed by atoms with Gasteiger partial charge in [-0.1, -0.05) is 0 Å². The van der Waals surface area contributed by atoms with Gasteiger partial charge >= 0.3 is 0 Å². The van der Waals surface area contributed by atoms with Crippen molar-refractivity contribution < 1.29 is 4.74 Å². The van der Waals surface area contributed by atoms with Crippen LogP contribution < -0.4 is 4.90 Å². The second-order valence-electron chi connectivity index (χ2n) is 4.13. The highest BCUT2D eigenvalue weighted by molar-refractivity contribution is 5.79. The van der Waals surface area contributed by atoms with Gasteiger partial charge in [0.2, 0.25) is 0 Å². The molecule has 2 heterocycles. The van der Waals surface area contributed by atoms with Gasteiger partial charge in [-0.2, -0.15) is 0 Å². The first-order chi connectivity index (χ1) is 7.84. The summed E-state index contributed by atoms with van der Waals surface area (Å²) < 4.78 is 7.39. The fourth-order valence-electron chi connectivity index (χ4n) is 2.14. The van der Waals surface area contributed by atoms with E-state index in [4.69, 9.17) is 4.74 Å². The van der Waals surface area contributed by atoms with E-state index in [0.717, 1.165) is 31.8 Å². The zero-order chi connectivity index (χ0) is 11.0. The molecule has 3 rings (SSSR count). The van der Waals surface area contributed by atoms with Crippen molar-refractivity contribution >= 4 is 16.7 Å². The maximum absolute atomic E-state index is 5.35. The molecule has 4 nitrogen and oxygen atoms in total. The van der Waals surface area contributed by atoms with Gasteiger partial charge in [0.1, 0.15) is 0 Å². The van der Waals surface area contributed by atoms with Gasteiger partial charge in [-0.3, -0.25) is 0 Å². The third-order valence-electron chi connectivity index (χ3n) is 3.09. The number of ether oxygens (including phenoxy) is 1. The lowest BCUT2D eigenvalue weighted by molar-refractivity contribution is 0.122. The molecular weight excluding hydrogens is 202 g/mol. The summed E-state index contributed by atoms with van der Waals surface area (Å²) in [6.07, 6.45) is 1.85. The molecule has 84 valence electrons. The summed E-state index contributed by atoms with van der Waals surface area (Å²) in [4.78, 5) is 6.72. The van der Waals surface area contributed by atoms with E-state index in [-0.39, 0.29) is 0 Å². The van der Waals surface area contributed by atoms with Crippen LogP contribution in [0.25, 0.3) is 11.0 Å². The van der Waals surface area contributed by atoms with Crippen molar-refractivity contribution in [2.45, 2.75) is 0 Å². The highest BCUT2D eigenvalue weighted by Crippen LogP contribution is 2.21. The van der Waals surface area contributed by atoms with E-state index in [2.05, 4.69) is 28.1 Å². The molecule has 1 fully saturated rings. The van der Waals surface area contributed by atoms with Crippen LogP contribution in [0.5, 0.6) is 0 Å². The molecule has 0 atom stereocenters. The number of fused-ring (bicyclic) bond motifs is 1. The molecule has 1 aromatic heterocycles. The first-order valence-corrected chi connectivity index (χ1v) is 5.58. The van der Waals surface area contributed by atoms with Crippen molar-refractivity contribution in [3.63, 3.8) is 0 Å². The van der Waals surface area contributed by atoms with Crippen LogP contribution in [0.4, 0.5) is 5.69 Å². The lowest BCUT2D eigenvalue weighted by Gasteiger charge is -2.28. The van der Waals surface area contributed by atoms with Gasteiger partial charge in [-0.25, -0.2) is 4.98 Å². The largest absolute Gasteiger partial charge is 0.378 e. The van der Waals surface area contributed by atoms with E-state index in [1.807, 2.05) is 17.9 Å². The number of aryl methyl sites for hydroxylation is 1. The molecule has 16 heavy (non-hydrogen) atoms. The predicted octanol–water partition coefficient (Wildman–Crippen LogP) is 1.41. The van der Waals surface area contributed by atoms with Crippen molar-refractivity contribution in [3.8, 4) is 0 Å². The number of imidazole rings is 1. The maximum atomic E-state index is 5.35. The molecule has 1 aromatic carbocycles. The minimum Gasteiger partial charge on any atom is -0.378 e. The average molecular weight is 217 g/mol. The highest BCUT2D eigenvalue weighted by atomic mass is 16.5. The van der Waals surface area contributed by atoms with Gasteiger partial charge in [0, 0.05) is 25.8 Å². The summed E-state index contributed by atoms with van der Waals surface area (Å²) >= 11 is 0. The smallest absolute Gasteiger partial charge is 0.0955 e. The quantitative estimate of drug-likeness (QED) is 0.723. The molecular formula is C12H15N3O. The van der Waals surface area contributed by atoms with Gasteiger partial charge in [0.05, 0.1) is 30.6 Å². The standard InChI is InChI=1S/C12H15N3O/c1-14-9-13-11-8-10(2-3-12(11)14)15-4-6-16-7-5-15/h2-3,8-9H,4-7H2,1H3. The van der Waals surface area contributed by atoms with Crippen molar-refractivity contribution in [1.82, 2.24) is 9.55 Å². The van der Waals surface area contributed by atoms with Crippen LogP contribution in [0.15, 0.2) is 24.5 Å². The highest BCUT2D eigenvalue weighted by Gasteiger charge is 2.12. The van der Waals surface area contributed by atoms with Crippen LogP contribution in [-0.2, 0) is 11.8 Å². The van der Waals surface area contributed by atoms with Gasteiger partial charge in [0.15, 0.2) is 0 Å². The Hall–Kier alpha value is -1.55.